The van der Waals surface area contributed by atoms with Crippen molar-refractivity contribution < 1.29 is 15.0 Å². The zero-order valence-corrected chi connectivity index (χ0v) is 21.0. The van der Waals surface area contributed by atoms with Gasteiger partial charge in [-0.25, -0.2) is 0 Å². The van der Waals surface area contributed by atoms with E-state index < -0.39 is 0 Å². The molecule has 1 amide bonds. The quantitative estimate of drug-likeness (QED) is 0.214. The Morgan fingerprint density at radius 3 is 2.12 bits per heavy atom. The molecule has 0 aromatic heterocycles. The molecule has 2 rings (SSSR count). The molecule has 2 aromatic rings. The lowest BCUT2D eigenvalue weighted by molar-refractivity contribution is -0.116. The van der Waals surface area contributed by atoms with Crippen LogP contribution in [0, 0.1) is 0 Å². The molecule has 0 heterocycles. The van der Waals surface area contributed by atoms with Crippen molar-refractivity contribution in [2.45, 2.75) is 104 Å². The molecule has 0 bridgehead atoms. The molecule has 0 fully saturated rings. The molecular weight excluding hydrogens is 410 g/mol. The molecule has 0 saturated heterocycles. The summed E-state index contributed by atoms with van der Waals surface area (Å²) >= 11 is 0. The SMILES string of the molecule is CCCCCCCCCCCC(=O)Nc1cccc(Cc2cc(O)c(C(C)(C)C)cc2O)c1. The Morgan fingerprint density at radius 2 is 1.48 bits per heavy atom. The van der Waals surface area contributed by atoms with Crippen molar-refractivity contribution in [2.75, 3.05) is 5.32 Å². The lowest BCUT2D eigenvalue weighted by Gasteiger charge is -2.21. The van der Waals surface area contributed by atoms with Crippen LogP contribution in [0.3, 0.4) is 0 Å². The van der Waals surface area contributed by atoms with E-state index in [9.17, 15) is 15.0 Å². The van der Waals surface area contributed by atoms with Crippen LogP contribution in [-0.4, -0.2) is 16.1 Å². The summed E-state index contributed by atoms with van der Waals surface area (Å²) in [5.74, 6) is 0.420. The van der Waals surface area contributed by atoms with E-state index in [0.29, 0.717) is 18.4 Å². The second-order valence-corrected chi connectivity index (χ2v) is 10.3. The van der Waals surface area contributed by atoms with Gasteiger partial charge in [-0.2, -0.15) is 0 Å². The highest BCUT2D eigenvalue weighted by Crippen LogP contribution is 2.36. The van der Waals surface area contributed by atoms with E-state index in [1.165, 1.54) is 44.9 Å². The van der Waals surface area contributed by atoms with Crippen molar-refractivity contribution in [1.29, 1.82) is 0 Å². The van der Waals surface area contributed by atoms with Crippen molar-refractivity contribution in [2.24, 2.45) is 0 Å². The topological polar surface area (TPSA) is 69.6 Å². The number of carbonyl (C=O) groups is 1. The fourth-order valence-corrected chi connectivity index (χ4v) is 4.16. The molecule has 0 aliphatic carbocycles. The number of rotatable bonds is 13. The van der Waals surface area contributed by atoms with Gasteiger partial charge < -0.3 is 15.5 Å². The number of phenolic OH excluding ortho intramolecular Hbond substituents is 2. The number of anilines is 1. The predicted octanol–water partition coefficient (Wildman–Crippen LogP) is 7.85. The van der Waals surface area contributed by atoms with E-state index in [1.807, 2.05) is 45.0 Å². The van der Waals surface area contributed by atoms with Crippen LogP contribution in [0.25, 0.3) is 0 Å². The molecule has 0 aliphatic rings. The van der Waals surface area contributed by atoms with Crippen LogP contribution >= 0.6 is 0 Å². The fourth-order valence-electron chi connectivity index (χ4n) is 4.16. The second-order valence-electron chi connectivity index (χ2n) is 10.3. The molecule has 2 aromatic carbocycles. The van der Waals surface area contributed by atoms with E-state index in [4.69, 9.17) is 0 Å². The molecule has 0 unspecified atom stereocenters. The van der Waals surface area contributed by atoms with Gasteiger partial charge >= 0.3 is 0 Å². The summed E-state index contributed by atoms with van der Waals surface area (Å²) in [5.41, 5.74) is 2.87. The van der Waals surface area contributed by atoms with Crippen LogP contribution in [0.1, 0.15) is 109 Å². The van der Waals surface area contributed by atoms with Crippen LogP contribution in [0.5, 0.6) is 11.5 Å². The van der Waals surface area contributed by atoms with Crippen LogP contribution in [0.4, 0.5) is 5.69 Å². The first-order valence-corrected chi connectivity index (χ1v) is 12.6. The number of aromatic hydroxyl groups is 2. The number of nitrogens with one attached hydrogen (secondary N) is 1. The summed E-state index contributed by atoms with van der Waals surface area (Å²) < 4.78 is 0. The zero-order chi connectivity index (χ0) is 24.3. The second kappa shape index (κ2) is 13.3. The maximum absolute atomic E-state index is 12.3. The molecule has 0 radical (unpaired) electrons. The summed E-state index contributed by atoms with van der Waals surface area (Å²) in [6, 6.07) is 11.0. The lowest BCUT2D eigenvalue weighted by atomic mass is 9.85. The Balaban J connectivity index is 1.81. The fraction of sp³-hybridized carbons (Fsp3) is 0.552. The molecule has 0 atom stereocenters. The standard InChI is InChI=1S/C29H43NO3/c1-5-6-7-8-9-10-11-12-13-17-28(33)30-24-16-14-15-22(19-24)18-23-20-27(32)25(21-26(23)31)29(2,3)4/h14-16,19-21,31-32H,5-13,17-18H2,1-4H3,(H,30,33). The molecule has 0 saturated carbocycles. The first-order valence-electron chi connectivity index (χ1n) is 12.6. The third-order valence-electron chi connectivity index (χ3n) is 6.12. The van der Waals surface area contributed by atoms with E-state index >= 15 is 0 Å². The van der Waals surface area contributed by atoms with Crippen molar-refractivity contribution in [3.05, 3.63) is 53.1 Å². The summed E-state index contributed by atoms with van der Waals surface area (Å²) in [4.78, 5) is 12.3. The normalized spacial score (nSPS) is 11.5. The average molecular weight is 454 g/mol. The van der Waals surface area contributed by atoms with Gasteiger partial charge in [0.15, 0.2) is 0 Å². The van der Waals surface area contributed by atoms with Gasteiger partial charge in [-0.15, -0.1) is 0 Å². The third-order valence-corrected chi connectivity index (χ3v) is 6.12. The highest BCUT2D eigenvalue weighted by atomic mass is 16.3. The minimum absolute atomic E-state index is 0.0464. The average Bonchev–Trinajstić information content (AvgIpc) is 2.74. The van der Waals surface area contributed by atoms with Crippen LogP contribution in [-0.2, 0) is 16.6 Å². The minimum Gasteiger partial charge on any atom is -0.508 e. The Labute approximate surface area is 200 Å². The molecule has 33 heavy (non-hydrogen) atoms. The van der Waals surface area contributed by atoms with Crippen LogP contribution in [0.15, 0.2) is 36.4 Å². The van der Waals surface area contributed by atoms with Gasteiger partial charge in [-0.05, 0) is 41.7 Å². The van der Waals surface area contributed by atoms with Gasteiger partial charge in [0.05, 0.1) is 0 Å². The smallest absolute Gasteiger partial charge is 0.224 e. The highest BCUT2D eigenvalue weighted by molar-refractivity contribution is 5.90. The maximum Gasteiger partial charge on any atom is 0.224 e. The molecule has 3 N–H and O–H groups in total. The van der Waals surface area contributed by atoms with Crippen LogP contribution in [0.2, 0.25) is 0 Å². The zero-order valence-electron chi connectivity index (χ0n) is 21.0. The molecule has 182 valence electrons. The Bertz CT molecular complexity index is 883. The molecule has 4 heteroatoms. The number of hydrogen-bond donors (Lipinski definition) is 3. The van der Waals surface area contributed by atoms with E-state index in [1.54, 1.807) is 12.1 Å². The maximum atomic E-state index is 12.3. The molecular formula is C29H43NO3. The Hall–Kier alpha value is -2.49. The van der Waals surface area contributed by atoms with E-state index in [-0.39, 0.29) is 22.8 Å². The van der Waals surface area contributed by atoms with Crippen molar-refractivity contribution in [3.63, 3.8) is 0 Å². The number of phenols is 2. The van der Waals surface area contributed by atoms with Gasteiger partial charge in [0.25, 0.3) is 0 Å². The van der Waals surface area contributed by atoms with E-state index in [0.717, 1.165) is 29.7 Å². The third kappa shape index (κ3) is 9.49. The number of amides is 1. The van der Waals surface area contributed by atoms with Gasteiger partial charge in [-0.1, -0.05) is 91.2 Å². The number of hydrogen-bond acceptors (Lipinski definition) is 3. The van der Waals surface area contributed by atoms with Gasteiger partial charge in [0, 0.05) is 29.7 Å². The summed E-state index contributed by atoms with van der Waals surface area (Å²) in [6.07, 6.45) is 12.2. The van der Waals surface area contributed by atoms with E-state index in [2.05, 4.69) is 12.2 Å². The summed E-state index contributed by atoms with van der Waals surface area (Å²) in [6.45, 7) is 8.25. The van der Waals surface area contributed by atoms with Gasteiger partial charge in [0.1, 0.15) is 11.5 Å². The molecule has 0 aliphatic heterocycles. The largest absolute Gasteiger partial charge is 0.508 e. The monoisotopic (exact) mass is 453 g/mol. The van der Waals surface area contributed by atoms with Crippen molar-refractivity contribution >= 4 is 11.6 Å². The molecule has 0 spiro atoms. The minimum atomic E-state index is -0.251. The van der Waals surface area contributed by atoms with Gasteiger partial charge in [-0.3, -0.25) is 4.79 Å². The number of carbonyl (C=O) groups excluding carboxylic acids is 1. The highest BCUT2D eigenvalue weighted by Gasteiger charge is 2.20. The number of benzene rings is 2. The number of unbranched alkanes of at least 4 members (excludes halogenated alkanes) is 8. The first-order chi connectivity index (χ1) is 15.7. The molecule has 4 nitrogen and oxygen atoms in total. The summed E-state index contributed by atoms with van der Waals surface area (Å²) in [7, 11) is 0. The first kappa shape index (κ1) is 26.8. The Morgan fingerprint density at radius 1 is 0.848 bits per heavy atom. The van der Waals surface area contributed by atoms with Crippen LogP contribution < -0.4 is 5.32 Å². The van der Waals surface area contributed by atoms with Crippen molar-refractivity contribution in [1.82, 2.24) is 0 Å². The Kier molecular flexibility index (Phi) is 10.8. The summed E-state index contributed by atoms with van der Waals surface area (Å²) in [5, 5.41) is 23.9. The lowest BCUT2D eigenvalue weighted by Crippen LogP contribution is -2.12. The van der Waals surface area contributed by atoms with Gasteiger partial charge in [0.2, 0.25) is 5.91 Å². The predicted molar refractivity (Wildman–Crippen MR) is 138 cm³/mol. The van der Waals surface area contributed by atoms with Crippen molar-refractivity contribution in [3.8, 4) is 11.5 Å².